The first-order chi connectivity index (χ1) is 5.63. The number of rotatable bonds is 2. The molecule has 14 heavy (non-hydrogen) atoms. The van der Waals surface area contributed by atoms with Crippen LogP contribution in [0, 0.1) is 0 Å². The molecule has 0 aliphatic rings. The van der Waals surface area contributed by atoms with Crippen molar-refractivity contribution in [1.82, 2.24) is 0 Å². The molecule has 0 saturated carbocycles. The zero-order valence-electron chi connectivity index (χ0n) is 7.94. The maximum Gasteiger partial charge on any atom is 1.00 e. The summed E-state index contributed by atoms with van der Waals surface area (Å²) in [6.45, 7) is 0. The Balaban J connectivity index is 0. The molecule has 1 aromatic carbocycles. The number of aromatic carboxylic acids is 2. The summed E-state index contributed by atoms with van der Waals surface area (Å²) in [6.07, 6.45) is 0. The second-order valence-electron chi connectivity index (χ2n) is 2.12. The van der Waals surface area contributed by atoms with Gasteiger partial charge in [-0.05, 0) is 0 Å². The van der Waals surface area contributed by atoms with Gasteiger partial charge in [0, 0.05) is 11.1 Å². The van der Waals surface area contributed by atoms with E-state index < -0.39 is 11.9 Å². The third-order valence-electron chi connectivity index (χ3n) is 1.37. The number of carbonyl (C=O) groups excluding carboxylic acids is 2. The topological polar surface area (TPSA) is 80.3 Å². The van der Waals surface area contributed by atoms with Gasteiger partial charge in [-0.15, -0.1) is 0 Å². The van der Waals surface area contributed by atoms with Crippen LogP contribution in [0.4, 0.5) is 0 Å². The minimum absolute atomic E-state index is 0. The first kappa shape index (κ1) is 16.2. The Morgan fingerprint density at radius 2 is 1.21 bits per heavy atom. The van der Waals surface area contributed by atoms with Crippen LogP contribution in [0.25, 0.3) is 0 Å². The second kappa shape index (κ2) is 7.10. The van der Waals surface area contributed by atoms with E-state index in [9.17, 15) is 19.8 Å². The molecular weight excluding hydrogens is 190 g/mol. The van der Waals surface area contributed by atoms with E-state index in [2.05, 4.69) is 0 Å². The van der Waals surface area contributed by atoms with E-state index in [0.717, 1.165) is 12.1 Å². The molecule has 0 radical (unpaired) electrons. The molecule has 0 spiro atoms. The maximum atomic E-state index is 10.3. The van der Waals surface area contributed by atoms with Gasteiger partial charge in [0.25, 0.3) is 0 Å². The molecule has 0 aliphatic heterocycles. The van der Waals surface area contributed by atoms with Crippen LogP contribution in [0.15, 0.2) is 24.3 Å². The summed E-state index contributed by atoms with van der Waals surface area (Å²) in [7, 11) is 0. The number of hydrogen-bond acceptors (Lipinski definition) is 4. The average molecular weight is 194 g/mol. The molecule has 1 rings (SSSR count). The smallest absolute Gasteiger partial charge is 0.545 e. The van der Waals surface area contributed by atoms with Crippen molar-refractivity contribution in [1.29, 1.82) is 0 Å². The maximum absolute atomic E-state index is 10.3. The quantitative estimate of drug-likeness (QED) is 0.438. The first-order valence-electron chi connectivity index (χ1n) is 3.14. The molecule has 62 valence electrons. The van der Waals surface area contributed by atoms with E-state index >= 15 is 0 Å². The van der Waals surface area contributed by atoms with Gasteiger partial charge in [0.05, 0.1) is 11.9 Å². The third-order valence-corrected chi connectivity index (χ3v) is 1.37. The van der Waals surface area contributed by atoms with Crippen molar-refractivity contribution in [2.45, 2.75) is 0 Å². The normalized spacial score (nSPS) is 8.00. The van der Waals surface area contributed by atoms with E-state index in [4.69, 9.17) is 0 Å². The molecule has 0 heterocycles. The molecule has 0 atom stereocenters. The molecule has 0 fully saturated rings. The van der Waals surface area contributed by atoms with Crippen LogP contribution in [0.3, 0.4) is 0 Å². The number of carboxylic acids is 2. The van der Waals surface area contributed by atoms with Gasteiger partial charge in [-0.3, -0.25) is 0 Å². The van der Waals surface area contributed by atoms with Crippen LogP contribution in [0.5, 0.6) is 0 Å². The first-order valence-corrected chi connectivity index (χ1v) is 3.14. The SMILES string of the molecule is O=C([O-])c1ccccc1C(=O)[O-].[Li+].[Na+]. The molecule has 0 unspecified atom stereocenters. The summed E-state index contributed by atoms with van der Waals surface area (Å²) in [5, 5.41) is 20.6. The summed E-state index contributed by atoms with van der Waals surface area (Å²) in [5.41, 5.74) is -0.727. The molecule has 6 heteroatoms. The van der Waals surface area contributed by atoms with Crippen LogP contribution in [0.2, 0.25) is 0 Å². The van der Waals surface area contributed by atoms with Crippen molar-refractivity contribution >= 4 is 11.9 Å². The number of benzene rings is 1. The van der Waals surface area contributed by atoms with Crippen LogP contribution in [-0.4, -0.2) is 11.9 Å². The van der Waals surface area contributed by atoms with Gasteiger partial charge in [0.1, 0.15) is 0 Å². The molecule has 0 N–H and O–H groups in total. The number of carbonyl (C=O) groups is 2. The summed E-state index contributed by atoms with van der Waals surface area (Å²) in [5.74, 6) is -3.04. The van der Waals surface area contributed by atoms with Crippen molar-refractivity contribution in [3.63, 3.8) is 0 Å². The average Bonchev–Trinajstić information content (AvgIpc) is 2.04. The molecule has 0 saturated heterocycles. The molecule has 1 aromatic rings. The van der Waals surface area contributed by atoms with E-state index in [1.807, 2.05) is 0 Å². The van der Waals surface area contributed by atoms with Crippen molar-refractivity contribution < 1.29 is 68.2 Å². The molecule has 4 nitrogen and oxygen atoms in total. The van der Waals surface area contributed by atoms with Crippen molar-refractivity contribution in [2.75, 3.05) is 0 Å². The Kier molecular flexibility index (Phi) is 8.22. The predicted molar refractivity (Wildman–Crippen MR) is 35.1 cm³/mol. The Morgan fingerprint density at radius 1 is 0.929 bits per heavy atom. The summed E-state index contributed by atoms with van der Waals surface area (Å²) in [6, 6.07) is 5.14. The molecular formula is C8H4LiNaO4. The third kappa shape index (κ3) is 3.87. The fourth-order valence-corrected chi connectivity index (χ4v) is 0.839. The predicted octanol–water partition coefficient (Wildman–Crippen LogP) is -7.58. The van der Waals surface area contributed by atoms with Gasteiger partial charge in [0.15, 0.2) is 0 Å². The van der Waals surface area contributed by atoms with E-state index in [1.165, 1.54) is 12.1 Å². The van der Waals surface area contributed by atoms with Crippen LogP contribution >= 0.6 is 0 Å². The van der Waals surface area contributed by atoms with Crippen molar-refractivity contribution in [2.24, 2.45) is 0 Å². The van der Waals surface area contributed by atoms with Gasteiger partial charge in [-0.1, -0.05) is 24.3 Å². The van der Waals surface area contributed by atoms with Crippen LogP contribution < -0.4 is 58.6 Å². The molecule has 0 aliphatic carbocycles. The van der Waals surface area contributed by atoms with E-state index in [-0.39, 0.29) is 59.5 Å². The fraction of sp³-hybridized carbons (Fsp3) is 0. The summed E-state index contributed by atoms with van der Waals surface area (Å²) >= 11 is 0. The van der Waals surface area contributed by atoms with Crippen LogP contribution in [-0.2, 0) is 0 Å². The molecule has 0 aromatic heterocycles. The number of hydrogen-bond donors (Lipinski definition) is 0. The van der Waals surface area contributed by atoms with Crippen molar-refractivity contribution in [3.8, 4) is 0 Å². The largest absolute Gasteiger partial charge is 1.00 e. The minimum Gasteiger partial charge on any atom is -0.545 e. The Labute approximate surface area is 115 Å². The Morgan fingerprint density at radius 3 is 1.43 bits per heavy atom. The van der Waals surface area contributed by atoms with E-state index in [1.54, 1.807) is 0 Å². The minimum atomic E-state index is -1.52. The zero-order chi connectivity index (χ0) is 9.14. The van der Waals surface area contributed by atoms with Gasteiger partial charge in [-0.25, -0.2) is 0 Å². The van der Waals surface area contributed by atoms with Crippen LogP contribution in [0.1, 0.15) is 20.7 Å². The van der Waals surface area contributed by atoms with Gasteiger partial charge in [0.2, 0.25) is 0 Å². The second-order valence-corrected chi connectivity index (χ2v) is 2.12. The Bertz CT molecular complexity index is 307. The fourth-order valence-electron chi connectivity index (χ4n) is 0.839. The number of carboxylic acid groups (broad SMARTS) is 2. The summed E-state index contributed by atoms with van der Waals surface area (Å²) in [4.78, 5) is 20.6. The zero-order valence-corrected chi connectivity index (χ0v) is 9.94. The van der Waals surface area contributed by atoms with Gasteiger partial charge in [-0.2, -0.15) is 0 Å². The van der Waals surface area contributed by atoms with Gasteiger partial charge >= 0.3 is 48.4 Å². The van der Waals surface area contributed by atoms with Crippen molar-refractivity contribution in [3.05, 3.63) is 35.4 Å². The summed E-state index contributed by atoms with van der Waals surface area (Å²) < 4.78 is 0. The monoisotopic (exact) mass is 194 g/mol. The van der Waals surface area contributed by atoms with E-state index in [0.29, 0.717) is 0 Å². The Hall–Kier alpha value is -0.243. The molecule has 0 bridgehead atoms. The van der Waals surface area contributed by atoms with Gasteiger partial charge < -0.3 is 19.8 Å². The molecule has 0 amide bonds. The standard InChI is InChI=1S/C8H6O4.Li.Na/c9-7(10)5-3-1-2-4-6(5)8(11)12;;/h1-4H,(H,9,10)(H,11,12);;/q;2*+1/p-2.